The van der Waals surface area contributed by atoms with Gasteiger partial charge < -0.3 is 10.4 Å². The van der Waals surface area contributed by atoms with Crippen molar-refractivity contribution in [1.29, 1.82) is 0 Å². The van der Waals surface area contributed by atoms with E-state index in [1.807, 2.05) is 6.92 Å². The first-order valence-corrected chi connectivity index (χ1v) is 4.63. The molecule has 0 aromatic carbocycles. The van der Waals surface area contributed by atoms with Gasteiger partial charge in [0.1, 0.15) is 0 Å². The smallest absolute Gasteiger partial charge is 0.0576 e. The fourth-order valence-corrected chi connectivity index (χ4v) is 0.955. The van der Waals surface area contributed by atoms with E-state index in [4.69, 9.17) is 5.11 Å². The molecule has 0 spiro atoms. The van der Waals surface area contributed by atoms with Crippen molar-refractivity contribution < 1.29 is 5.11 Å². The van der Waals surface area contributed by atoms with E-state index in [1.54, 1.807) is 0 Å². The molecule has 0 aromatic heterocycles. The highest BCUT2D eigenvalue weighted by Crippen LogP contribution is 1.96. The fourth-order valence-electron chi connectivity index (χ4n) is 0.955. The number of unbranched alkanes of at least 4 members (excludes halogenated alkanes) is 3. The SMILES string of the molecule is CC#CCNCCCCCCO. The average molecular weight is 169 g/mol. The lowest BCUT2D eigenvalue weighted by Crippen LogP contribution is -2.15. The Morgan fingerprint density at radius 3 is 2.58 bits per heavy atom. The summed E-state index contributed by atoms with van der Waals surface area (Å²) in [5.74, 6) is 5.78. The maximum absolute atomic E-state index is 8.51. The Labute approximate surface area is 75.4 Å². The van der Waals surface area contributed by atoms with Crippen LogP contribution in [-0.2, 0) is 0 Å². The molecule has 2 nitrogen and oxygen atoms in total. The lowest BCUT2D eigenvalue weighted by atomic mass is 10.2. The third-order valence-corrected chi connectivity index (χ3v) is 1.65. The standard InChI is InChI=1S/C10H19NO/c1-2-3-8-11-9-6-4-5-7-10-12/h11-12H,4-10H2,1H3. The van der Waals surface area contributed by atoms with Gasteiger partial charge in [-0.15, -0.1) is 5.92 Å². The first-order chi connectivity index (χ1) is 5.91. The third kappa shape index (κ3) is 9.48. The van der Waals surface area contributed by atoms with Crippen LogP contribution in [0.4, 0.5) is 0 Å². The molecule has 2 heteroatoms. The Morgan fingerprint density at radius 1 is 1.17 bits per heavy atom. The second-order valence-corrected chi connectivity index (χ2v) is 2.74. The predicted octanol–water partition coefficient (Wildman–Crippen LogP) is 1.15. The molecule has 0 heterocycles. The Balaban J connectivity index is 2.84. The summed E-state index contributed by atoms with van der Waals surface area (Å²) in [4.78, 5) is 0. The Bertz CT molecular complexity index is 135. The van der Waals surface area contributed by atoms with Crippen LogP contribution in [0.15, 0.2) is 0 Å². The molecule has 0 aliphatic rings. The van der Waals surface area contributed by atoms with Gasteiger partial charge in [-0.1, -0.05) is 18.8 Å². The van der Waals surface area contributed by atoms with Crippen molar-refractivity contribution in [3.05, 3.63) is 0 Å². The molecule has 0 saturated carbocycles. The van der Waals surface area contributed by atoms with Crippen molar-refractivity contribution in [2.24, 2.45) is 0 Å². The molecule has 0 bridgehead atoms. The molecule has 0 atom stereocenters. The van der Waals surface area contributed by atoms with Crippen LogP contribution >= 0.6 is 0 Å². The van der Waals surface area contributed by atoms with Gasteiger partial charge in [0, 0.05) is 6.61 Å². The van der Waals surface area contributed by atoms with Crippen LogP contribution < -0.4 is 5.32 Å². The van der Waals surface area contributed by atoms with E-state index in [-0.39, 0.29) is 0 Å². The molecule has 2 N–H and O–H groups in total. The second kappa shape index (κ2) is 10.5. The Hall–Kier alpha value is -0.520. The minimum Gasteiger partial charge on any atom is -0.396 e. The summed E-state index contributed by atoms with van der Waals surface area (Å²) >= 11 is 0. The van der Waals surface area contributed by atoms with Gasteiger partial charge in [0.15, 0.2) is 0 Å². The Morgan fingerprint density at radius 2 is 1.92 bits per heavy atom. The largest absolute Gasteiger partial charge is 0.396 e. The zero-order chi connectivity index (χ0) is 9.07. The maximum Gasteiger partial charge on any atom is 0.0576 e. The first-order valence-electron chi connectivity index (χ1n) is 4.63. The van der Waals surface area contributed by atoms with Crippen molar-refractivity contribution in [3.63, 3.8) is 0 Å². The number of aliphatic hydroxyl groups is 1. The van der Waals surface area contributed by atoms with Gasteiger partial charge in [-0.2, -0.15) is 0 Å². The molecule has 0 fully saturated rings. The zero-order valence-electron chi connectivity index (χ0n) is 7.90. The first kappa shape index (κ1) is 11.5. The number of hydrogen-bond donors (Lipinski definition) is 2. The number of nitrogens with one attached hydrogen (secondary N) is 1. The predicted molar refractivity (Wildman–Crippen MR) is 51.9 cm³/mol. The molecule has 0 aliphatic carbocycles. The monoisotopic (exact) mass is 169 g/mol. The van der Waals surface area contributed by atoms with Gasteiger partial charge in [-0.05, 0) is 26.3 Å². The summed E-state index contributed by atoms with van der Waals surface area (Å²) in [7, 11) is 0. The van der Waals surface area contributed by atoms with Gasteiger partial charge in [0.2, 0.25) is 0 Å². The number of rotatable bonds is 7. The topological polar surface area (TPSA) is 32.3 Å². The van der Waals surface area contributed by atoms with E-state index in [2.05, 4.69) is 17.2 Å². The summed E-state index contributed by atoms with van der Waals surface area (Å²) in [6, 6.07) is 0. The highest BCUT2D eigenvalue weighted by Gasteiger charge is 1.87. The normalized spacial score (nSPS) is 9.17. The fraction of sp³-hybridized carbons (Fsp3) is 0.800. The van der Waals surface area contributed by atoms with Gasteiger partial charge in [-0.3, -0.25) is 0 Å². The third-order valence-electron chi connectivity index (χ3n) is 1.65. The molecule has 0 saturated heterocycles. The van der Waals surface area contributed by atoms with E-state index in [9.17, 15) is 0 Å². The molecular formula is C10H19NO. The van der Waals surface area contributed by atoms with Crippen LogP contribution in [0.1, 0.15) is 32.6 Å². The van der Waals surface area contributed by atoms with Crippen LogP contribution in [0.3, 0.4) is 0 Å². The van der Waals surface area contributed by atoms with E-state index in [1.165, 1.54) is 12.8 Å². The van der Waals surface area contributed by atoms with Crippen molar-refractivity contribution in [3.8, 4) is 11.8 Å². The highest BCUT2D eigenvalue weighted by atomic mass is 16.2. The molecule has 0 amide bonds. The molecular weight excluding hydrogens is 150 g/mol. The average Bonchev–Trinajstić information content (AvgIpc) is 2.10. The maximum atomic E-state index is 8.51. The molecule has 0 aromatic rings. The van der Waals surface area contributed by atoms with Crippen LogP contribution in [-0.4, -0.2) is 24.8 Å². The van der Waals surface area contributed by atoms with Gasteiger partial charge in [0.25, 0.3) is 0 Å². The van der Waals surface area contributed by atoms with Gasteiger partial charge in [-0.25, -0.2) is 0 Å². The van der Waals surface area contributed by atoms with E-state index >= 15 is 0 Å². The van der Waals surface area contributed by atoms with Crippen LogP contribution in [0.5, 0.6) is 0 Å². The second-order valence-electron chi connectivity index (χ2n) is 2.74. The Kier molecular flexibility index (Phi) is 10.0. The molecule has 70 valence electrons. The zero-order valence-corrected chi connectivity index (χ0v) is 7.90. The quantitative estimate of drug-likeness (QED) is 0.442. The number of hydrogen-bond acceptors (Lipinski definition) is 2. The lowest BCUT2D eigenvalue weighted by molar-refractivity contribution is 0.282. The summed E-state index contributed by atoms with van der Waals surface area (Å²) < 4.78 is 0. The minimum atomic E-state index is 0.328. The molecule has 0 radical (unpaired) electrons. The molecule has 0 rings (SSSR count). The van der Waals surface area contributed by atoms with Crippen molar-refractivity contribution in [2.45, 2.75) is 32.6 Å². The van der Waals surface area contributed by atoms with E-state index in [0.717, 1.165) is 25.9 Å². The summed E-state index contributed by atoms with van der Waals surface area (Å²) in [6.07, 6.45) is 4.46. The van der Waals surface area contributed by atoms with Crippen molar-refractivity contribution >= 4 is 0 Å². The van der Waals surface area contributed by atoms with Crippen LogP contribution in [0.2, 0.25) is 0 Å². The van der Waals surface area contributed by atoms with E-state index in [0.29, 0.717) is 6.61 Å². The molecule has 0 unspecified atom stereocenters. The lowest BCUT2D eigenvalue weighted by Gasteiger charge is -1.99. The van der Waals surface area contributed by atoms with Crippen molar-refractivity contribution in [2.75, 3.05) is 19.7 Å². The van der Waals surface area contributed by atoms with Gasteiger partial charge in [0.05, 0.1) is 6.54 Å². The molecule has 12 heavy (non-hydrogen) atoms. The minimum absolute atomic E-state index is 0.328. The summed E-state index contributed by atoms with van der Waals surface area (Å²) in [5, 5.41) is 11.7. The summed E-state index contributed by atoms with van der Waals surface area (Å²) in [5.41, 5.74) is 0. The highest BCUT2D eigenvalue weighted by molar-refractivity contribution is 4.96. The van der Waals surface area contributed by atoms with Crippen LogP contribution in [0, 0.1) is 11.8 Å². The van der Waals surface area contributed by atoms with Crippen LogP contribution in [0.25, 0.3) is 0 Å². The molecule has 0 aliphatic heterocycles. The summed E-state index contributed by atoms with van der Waals surface area (Å²) in [6.45, 7) is 4.02. The van der Waals surface area contributed by atoms with Crippen molar-refractivity contribution in [1.82, 2.24) is 5.32 Å². The number of aliphatic hydroxyl groups excluding tert-OH is 1. The van der Waals surface area contributed by atoms with Gasteiger partial charge >= 0.3 is 0 Å². The van der Waals surface area contributed by atoms with E-state index < -0.39 is 0 Å².